The zero-order valence-electron chi connectivity index (χ0n) is 14.8. The number of carbonyl (C=O) groups is 1. The molecule has 2 aliphatic rings. The average molecular weight is 421 g/mol. The molecule has 0 saturated heterocycles. The van der Waals surface area contributed by atoms with Gasteiger partial charge in [0.15, 0.2) is 0 Å². The number of thioether (sulfide) groups is 2. The molecule has 8 heteroatoms. The summed E-state index contributed by atoms with van der Waals surface area (Å²) in [7, 11) is -3.72. The minimum atomic E-state index is -3.72. The standard InChI is InChI=1S/C19H20N2O3S3/c1-2-13-12-21(16-5-3-4-6-18(16)26-13)27(23,24)14-7-8-17-15(11-14)20-19(22)9-10-25-17/h3-8,11,13H,2,9-10,12H2,1H3,(H,20,22)/t13-/m1/s1. The van der Waals surface area contributed by atoms with Gasteiger partial charge >= 0.3 is 0 Å². The second-order valence-corrected chi connectivity index (χ2v) is 10.8. The van der Waals surface area contributed by atoms with E-state index in [0.717, 1.165) is 21.9 Å². The molecule has 2 aromatic carbocycles. The molecule has 1 N–H and O–H groups in total. The Morgan fingerprint density at radius 3 is 2.81 bits per heavy atom. The Labute approximate surface area is 168 Å². The van der Waals surface area contributed by atoms with Crippen molar-refractivity contribution in [3.8, 4) is 0 Å². The number of benzene rings is 2. The van der Waals surface area contributed by atoms with E-state index in [-0.39, 0.29) is 16.1 Å². The molecule has 0 unspecified atom stereocenters. The van der Waals surface area contributed by atoms with Crippen LogP contribution in [0.1, 0.15) is 19.8 Å². The predicted octanol–water partition coefficient (Wildman–Crippen LogP) is 4.20. The van der Waals surface area contributed by atoms with Gasteiger partial charge < -0.3 is 5.32 Å². The van der Waals surface area contributed by atoms with Crippen LogP contribution in [-0.2, 0) is 14.8 Å². The number of fused-ring (bicyclic) bond motifs is 2. The fourth-order valence-corrected chi connectivity index (χ4v) is 7.04. The van der Waals surface area contributed by atoms with Crippen molar-refractivity contribution in [3.05, 3.63) is 42.5 Å². The highest BCUT2D eigenvalue weighted by Crippen LogP contribution is 2.42. The van der Waals surface area contributed by atoms with Gasteiger partial charge in [-0.25, -0.2) is 8.42 Å². The number of anilines is 2. The van der Waals surface area contributed by atoms with E-state index in [0.29, 0.717) is 24.4 Å². The van der Waals surface area contributed by atoms with Crippen LogP contribution in [0.2, 0.25) is 0 Å². The molecule has 0 spiro atoms. The summed E-state index contributed by atoms with van der Waals surface area (Å²) in [4.78, 5) is 14.0. The summed E-state index contributed by atoms with van der Waals surface area (Å²) in [5.41, 5.74) is 1.30. The van der Waals surface area contributed by atoms with E-state index in [1.165, 1.54) is 4.31 Å². The van der Waals surface area contributed by atoms with Gasteiger partial charge in [0.05, 0.1) is 16.3 Å². The van der Waals surface area contributed by atoms with Crippen molar-refractivity contribution in [1.29, 1.82) is 0 Å². The SMILES string of the molecule is CC[C@@H]1CN(S(=O)(=O)c2ccc3c(c2)NC(=O)CCS3)c2ccccc2S1. The van der Waals surface area contributed by atoms with Gasteiger partial charge in [-0.15, -0.1) is 23.5 Å². The van der Waals surface area contributed by atoms with E-state index in [2.05, 4.69) is 12.2 Å². The monoisotopic (exact) mass is 420 g/mol. The van der Waals surface area contributed by atoms with Gasteiger partial charge in [-0.3, -0.25) is 9.10 Å². The third-order valence-electron chi connectivity index (χ3n) is 4.65. The van der Waals surface area contributed by atoms with Crippen molar-refractivity contribution < 1.29 is 13.2 Å². The summed E-state index contributed by atoms with van der Waals surface area (Å²) < 4.78 is 28.4. The van der Waals surface area contributed by atoms with E-state index < -0.39 is 10.0 Å². The number of sulfonamides is 1. The molecule has 0 aliphatic carbocycles. The van der Waals surface area contributed by atoms with Crippen LogP contribution >= 0.6 is 23.5 Å². The molecule has 2 aromatic rings. The number of nitrogens with one attached hydrogen (secondary N) is 1. The smallest absolute Gasteiger partial charge is 0.264 e. The van der Waals surface area contributed by atoms with Crippen LogP contribution in [0, 0.1) is 0 Å². The highest BCUT2D eigenvalue weighted by Gasteiger charge is 2.33. The third-order valence-corrected chi connectivity index (χ3v) is 8.92. The second-order valence-electron chi connectivity index (χ2n) is 6.46. The van der Waals surface area contributed by atoms with Crippen LogP contribution in [0.15, 0.2) is 57.2 Å². The molecule has 1 atom stereocenters. The first kappa shape index (κ1) is 18.7. The van der Waals surface area contributed by atoms with Gasteiger partial charge in [-0.05, 0) is 36.8 Å². The molecule has 0 radical (unpaired) electrons. The first-order valence-corrected chi connectivity index (χ1v) is 12.1. The first-order chi connectivity index (χ1) is 13.0. The number of carbonyl (C=O) groups excluding carboxylic acids is 1. The van der Waals surface area contributed by atoms with Crippen molar-refractivity contribution in [1.82, 2.24) is 0 Å². The number of para-hydroxylation sites is 1. The van der Waals surface area contributed by atoms with E-state index in [9.17, 15) is 13.2 Å². The Morgan fingerprint density at radius 1 is 1.19 bits per heavy atom. The maximum absolute atomic E-state index is 13.5. The first-order valence-electron chi connectivity index (χ1n) is 8.84. The van der Waals surface area contributed by atoms with E-state index in [4.69, 9.17) is 0 Å². The molecule has 5 nitrogen and oxygen atoms in total. The summed E-state index contributed by atoms with van der Waals surface area (Å²) in [5.74, 6) is 0.612. The molecule has 142 valence electrons. The fourth-order valence-electron chi connectivity index (χ4n) is 3.19. The normalized spacial score (nSPS) is 19.7. The minimum absolute atomic E-state index is 0.0819. The summed E-state index contributed by atoms with van der Waals surface area (Å²) >= 11 is 3.30. The Bertz CT molecular complexity index is 991. The number of hydrogen-bond acceptors (Lipinski definition) is 5. The van der Waals surface area contributed by atoms with Gasteiger partial charge in [-0.1, -0.05) is 19.1 Å². The maximum atomic E-state index is 13.5. The summed E-state index contributed by atoms with van der Waals surface area (Å²) in [6.45, 7) is 2.52. The molecule has 1 amide bonds. The molecule has 0 saturated carbocycles. The van der Waals surface area contributed by atoms with Crippen LogP contribution in [0.4, 0.5) is 11.4 Å². The van der Waals surface area contributed by atoms with Crippen molar-refractivity contribution in [2.24, 2.45) is 0 Å². The van der Waals surface area contributed by atoms with Gasteiger partial charge in [0.2, 0.25) is 5.91 Å². The average Bonchev–Trinajstić information content (AvgIpc) is 2.86. The van der Waals surface area contributed by atoms with Crippen molar-refractivity contribution in [2.45, 2.75) is 39.7 Å². The highest BCUT2D eigenvalue weighted by molar-refractivity contribution is 8.00. The largest absolute Gasteiger partial charge is 0.325 e. The zero-order chi connectivity index (χ0) is 19.0. The maximum Gasteiger partial charge on any atom is 0.264 e. The van der Waals surface area contributed by atoms with Gasteiger partial charge in [0.1, 0.15) is 0 Å². The molecule has 2 aliphatic heterocycles. The Morgan fingerprint density at radius 2 is 2.00 bits per heavy atom. The lowest BCUT2D eigenvalue weighted by Crippen LogP contribution is -2.39. The van der Waals surface area contributed by atoms with Crippen molar-refractivity contribution in [3.63, 3.8) is 0 Å². The Hall–Kier alpha value is -1.64. The molecule has 4 rings (SSSR count). The van der Waals surface area contributed by atoms with Crippen molar-refractivity contribution >= 4 is 50.8 Å². The van der Waals surface area contributed by atoms with E-state index in [1.54, 1.807) is 41.7 Å². The number of rotatable bonds is 3. The Balaban J connectivity index is 1.77. The number of hydrogen-bond donors (Lipinski definition) is 1. The van der Waals surface area contributed by atoms with Crippen LogP contribution in [0.25, 0.3) is 0 Å². The molecule has 27 heavy (non-hydrogen) atoms. The lowest BCUT2D eigenvalue weighted by Gasteiger charge is -2.34. The number of nitrogens with zero attached hydrogens (tertiary/aromatic N) is 1. The second kappa shape index (κ2) is 7.41. The highest BCUT2D eigenvalue weighted by atomic mass is 32.2. The molecule has 2 heterocycles. The van der Waals surface area contributed by atoms with Gasteiger partial charge in [0, 0.05) is 33.8 Å². The zero-order valence-corrected chi connectivity index (χ0v) is 17.3. The summed E-state index contributed by atoms with van der Waals surface area (Å²) in [6.07, 6.45) is 1.32. The predicted molar refractivity (Wildman–Crippen MR) is 111 cm³/mol. The molecule has 0 fully saturated rings. The molecule has 0 aromatic heterocycles. The lowest BCUT2D eigenvalue weighted by molar-refractivity contribution is -0.115. The van der Waals surface area contributed by atoms with Crippen LogP contribution in [0.5, 0.6) is 0 Å². The van der Waals surface area contributed by atoms with Gasteiger partial charge in [-0.2, -0.15) is 0 Å². The topological polar surface area (TPSA) is 66.5 Å². The van der Waals surface area contributed by atoms with E-state index >= 15 is 0 Å². The molecular formula is C19H20N2O3S3. The molecule has 0 bridgehead atoms. The lowest BCUT2D eigenvalue weighted by atomic mass is 10.2. The third kappa shape index (κ3) is 3.58. The fraction of sp³-hybridized carbons (Fsp3) is 0.316. The van der Waals surface area contributed by atoms with Crippen LogP contribution in [-0.4, -0.2) is 31.9 Å². The van der Waals surface area contributed by atoms with E-state index in [1.807, 2.05) is 24.3 Å². The van der Waals surface area contributed by atoms with Crippen LogP contribution < -0.4 is 9.62 Å². The van der Waals surface area contributed by atoms with Crippen molar-refractivity contribution in [2.75, 3.05) is 21.9 Å². The quantitative estimate of drug-likeness (QED) is 0.806. The van der Waals surface area contributed by atoms with Crippen LogP contribution in [0.3, 0.4) is 0 Å². The summed E-state index contributed by atoms with van der Waals surface area (Å²) in [5, 5.41) is 3.04. The Kier molecular flexibility index (Phi) is 5.13. The van der Waals surface area contributed by atoms with Gasteiger partial charge in [0.25, 0.3) is 10.0 Å². The minimum Gasteiger partial charge on any atom is -0.325 e. The number of amides is 1. The molecular weight excluding hydrogens is 400 g/mol. The summed E-state index contributed by atoms with van der Waals surface area (Å²) in [6, 6.07) is 12.6.